The van der Waals surface area contributed by atoms with Gasteiger partial charge < -0.3 is 15.4 Å². The van der Waals surface area contributed by atoms with Crippen LogP contribution in [0.4, 0.5) is 5.69 Å². The molecule has 1 fully saturated rings. The molecule has 32 heavy (non-hydrogen) atoms. The standard InChI is InChI=1S/C21H24BrN5O4S/c1-21-15-10-14(25-19(28)18-16(31-3)9-13(22)11-24-18)8-7-12(15)5-4-6-17(21)32(29,30)27(2)20(23)26-21/h7-11,17H,4-6H2,1-3H3,(H2,23,26)(H,25,28)/t17?,21-/m1/s1. The van der Waals surface area contributed by atoms with E-state index in [-0.39, 0.29) is 11.7 Å². The number of methoxy groups -OCH3 is 1. The molecule has 1 saturated heterocycles. The molecule has 2 atom stereocenters. The Morgan fingerprint density at radius 3 is 2.88 bits per heavy atom. The summed E-state index contributed by atoms with van der Waals surface area (Å²) in [5.74, 6) is -0.286. The number of rotatable bonds is 3. The number of halogens is 1. The molecular weight excluding hydrogens is 498 g/mol. The Bertz CT molecular complexity index is 1220. The van der Waals surface area contributed by atoms with Crippen molar-refractivity contribution in [1.29, 1.82) is 5.41 Å². The van der Waals surface area contributed by atoms with Crippen molar-refractivity contribution in [3.63, 3.8) is 0 Å². The number of ether oxygens (including phenoxy) is 1. The zero-order valence-electron chi connectivity index (χ0n) is 17.9. The molecule has 1 unspecified atom stereocenters. The SMILES string of the molecule is COc1cc(Br)cnc1C(=O)Nc1ccc2c(c1)[C@@]1(C)NC(=N)N(C)S(=O)(=O)C1CCC2. The second kappa shape index (κ2) is 8.04. The Labute approximate surface area is 195 Å². The Balaban J connectivity index is 1.73. The first-order valence-electron chi connectivity index (χ1n) is 10.1. The topological polar surface area (TPSA) is 124 Å². The molecule has 170 valence electrons. The largest absolute Gasteiger partial charge is 0.494 e. The monoisotopic (exact) mass is 521 g/mol. The van der Waals surface area contributed by atoms with Gasteiger partial charge in [0.1, 0.15) is 5.25 Å². The van der Waals surface area contributed by atoms with Crippen LogP contribution >= 0.6 is 15.9 Å². The van der Waals surface area contributed by atoms with Gasteiger partial charge in [-0.05, 0) is 71.4 Å². The first kappa shape index (κ1) is 22.5. The molecule has 2 heterocycles. The Morgan fingerprint density at radius 1 is 1.41 bits per heavy atom. The van der Waals surface area contributed by atoms with Gasteiger partial charge in [0.05, 0.1) is 12.6 Å². The van der Waals surface area contributed by atoms with Crippen molar-refractivity contribution >= 4 is 43.5 Å². The summed E-state index contributed by atoms with van der Waals surface area (Å²) in [6.07, 6.45) is 3.41. The summed E-state index contributed by atoms with van der Waals surface area (Å²) in [6.45, 7) is 1.81. The first-order valence-corrected chi connectivity index (χ1v) is 12.4. The normalized spacial score (nSPS) is 23.9. The van der Waals surface area contributed by atoms with Gasteiger partial charge in [-0.15, -0.1) is 0 Å². The minimum atomic E-state index is -3.70. The lowest BCUT2D eigenvalue weighted by Crippen LogP contribution is -2.65. The molecule has 0 saturated carbocycles. The van der Waals surface area contributed by atoms with Gasteiger partial charge >= 0.3 is 0 Å². The molecule has 0 radical (unpaired) electrons. The number of nitrogens with zero attached hydrogens (tertiary/aromatic N) is 2. The Morgan fingerprint density at radius 2 is 2.16 bits per heavy atom. The van der Waals surface area contributed by atoms with E-state index in [2.05, 4.69) is 31.5 Å². The third-order valence-electron chi connectivity index (χ3n) is 6.17. The summed E-state index contributed by atoms with van der Waals surface area (Å²) >= 11 is 3.31. The quantitative estimate of drug-likeness (QED) is 0.570. The van der Waals surface area contributed by atoms with E-state index in [0.29, 0.717) is 35.2 Å². The smallest absolute Gasteiger partial charge is 0.278 e. The summed E-state index contributed by atoms with van der Waals surface area (Å²) in [5, 5.41) is 13.4. The van der Waals surface area contributed by atoms with Gasteiger partial charge in [-0.3, -0.25) is 10.2 Å². The second-order valence-corrected chi connectivity index (χ2v) is 11.2. The highest BCUT2D eigenvalue weighted by atomic mass is 79.9. The Kier molecular flexibility index (Phi) is 5.66. The van der Waals surface area contributed by atoms with Crippen molar-refractivity contribution in [3.05, 3.63) is 51.8 Å². The number of pyridine rings is 1. The van der Waals surface area contributed by atoms with E-state index >= 15 is 0 Å². The van der Waals surface area contributed by atoms with E-state index in [1.807, 2.05) is 13.0 Å². The maximum atomic E-state index is 13.1. The van der Waals surface area contributed by atoms with Gasteiger partial charge in [-0.25, -0.2) is 17.7 Å². The molecule has 1 aromatic carbocycles. The van der Waals surface area contributed by atoms with Crippen LogP contribution in [0.3, 0.4) is 0 Å². The van der Waals surface area contributed by atoms with Crippen molar-refractivity contribution < 1.29 is 17.9 Å². The van der Waals surface area contributed by atoms with Crippen LogP contribution in [0, 0.1) is 5.41 Å². The van der Waals surface area contributed by atoms with Crippen molar-refractivity contribution in [2.24, 2.45) is 0 Å². The van der Waals surface area contributed by atoms with E-state index in [1.54, 1.807) is 18.2 Å². The number of fused-ring (bicyclic) bond motifs is 3. The minimum absolute atomic E-state index is 0.136. The molecule has 2 aromatic rings. The number of nitrogens with one attached hydrogen (secondary N) is 3. The number of hydrogen-bond acceptors (Lipinski definition) is 6. The number of carbonyl (C=O) groups is 1. The number of amides is 1. The van der Waals surface area contributed by atoms with E-state index in [4.69, 9.17) is 10.1 Å². The van der Waals surface area contributed by atoms with Gasteiger partial charge in [-0.1, -0.05) is 6.07 Å². The van der Waals surface area contributed by atoms with Crippen LogP contribution in [0.1, 0.15) is 41.4 Å². The van der Waals surface area contributed by atoms with Crippen LogP contribution in [0.5, 0.6) is 5.75 Å². The van der Waals surface area contributed by atoms with E-state index in [0.717, 1.165) is 15.4 Å². The molecule has 9 nitrogen and oxygen atoms in total. The Hall–Kier alpha value is -2.66. The molecule has 0 spiro atoms. The number of hydrogen-bond donors (Lipinski definition) is 3. The minimum Gasteiger partial charge on any atom is -0.494 e. The maximum Gasteiger partial charge on any atom is 0.278 e. The molecule has 2 aliphatic rings. The van der Waals surface area contributed by atoms with Gasteiger partial charge in [0, 0.05) is 23.4 Å². The van der Waals surface area contributed by atoms with Gasteiger partial charge in [0.25, 0.3) is 5.91 Å². The van der Waals surface area contributed by atoms with Crippen LogP contribution in [0.2, 0.25) is 0 Å². The molecule has 11 heteroatoms. The van der Waals surface area contributed by atoms with Gasteiger partial charge in [-0.2, -0.15) is 0 Å². The number of aryl methyl sites for hydroxylation is 1. The summed E-state index contributed by atoms with van der Waals surface area (Å²) in [5.41, 5.74) is 1.40. The first-order chi connectivity index (χ1) is 15.1. The van der Waals surface area contributed by atoms with Gasteiger partial charge in [0.2, 0.25) is 16.0 Å². The fraction of sp³-hybridized carbons (Fsp3) is 0.381. The summed E-state index contributed by atoms with van der Waals surface area (Å²) < 4.78 is 33.2. The summed E-state index contributed by atoms with van der Waals surface area (Å²) in [7, 11) is -0.843. The molecule has 0 bridgehead atoms. The molecule has 3 N–H and O–H groups in total. The predicted molar refractivity (Wildman–Crippen MR) is 125 cm³/mol. The number of anilines is 1. The lowest BCUT2D eigenvalue weighted by atomic mass is 9.85. The van der Waals surface area contributed by atoms with Crippen LogP contribution in [0.25, 0.3) is 0 Å². The fourth-order valence-corrected chi connectivity index (χ4v) is 6.71. The molecule has 4 rings (SSSR count). The van der Waals surface area contributed by atoms with Crippen LogP contribution in [-0.2, 0) is 22.0 Å². The average molecular weight is 522 g/mol. The average Bonchev–Trinajstić information content (AvgIpc) is 2.89. The zero-order chi connectivity index (χ0) is 23.3. The van der Waals surface area contributed by atoms with Crippen molar-refractivity contribution in [3.8, 4) is 5.75 Å². The second-order valence-electron chi connectivity index (χ2n) is 8.10. The summed E-state index contributed by atoms with van der Waals surface area (Å²) in [6, 6.07) is 7.14. The van der Waals surface area contributed by atoms with Crippen LogP contribution in [0.15, 0.2) is 34.9 Å². The van der Waals surface area contributed by atoms with Gasteiger partial charge in [0.15, 0.2) is 11.4 Å². The maximum absolute atomic E-state index is 13.1. The van der Waals surface area contributed by atoms with Crippen LogP contribution < -0.4 is 15.4 Å². The highest BCUT2D eigenvalue weighted by Crippen LogP contribution is 2.42. The number of sulfonamides is 1. The fourth-order valence-electron chi connectivity index (χ4n) is 4.47. The predicted octanol–water partition coefficient (Wildman–Crippen LogP) is 2.82. The lowest BCUT2D eigenvalue weighted by Gasteiger charge is -2.46. The highest BCUT2D eigenvalue weighted by Gasteiger charge is 2.52. The van der Waals surface area contributed by atoms with Crippen molar-refractivity contribution in [2.75, 3.05) is 19.5 Å². The highest BCUT2D eigenvalue weighted by molar-refractivity contribution is 9.10. The molecule has 1 amide bonds. The number of carbonyl (C=O) groups excluding carboxylic acids is 1. The number of guanidine groups is 1. The van der Waals surface area contributed by atoms with Crippen molar-refractivity contribution in [2.45, 2.75) is 37.0 Å². The van der Waals surface area contributed by atoms with E-state index in [1.165, 1.54) is 20.4 Å². The summed E-state index contributed by atoms with van der Waals surface area (Å²) in [4.78, 5) is 17.0. The number of benzene rings is 1. The third kappa shape index (κ3) is 3.62. The lowest BCUT2D eigenvalue weighted by molar-refractivity contribution is 0.101. The molecule has 1 aromatic heterocycles. The third-order valence-corrected chi connectivity index (χ3v) is 8.98. The van der Waals surface area contributed by atoms with Crippen molar-refractivity contribution in [1.82, 2.24) is 14.6 Å². The van der Waals surface area contributed by atoms with E-state index < -0.39 is 26.7 Å². The zero-order valence-corrected chi connectivity index (χ0v) is 20.3. The number of aromatic nitrogens is 1. The molecule has 1 aliphatic carbocycles. The molecule has 1 aliphatic heterocycles. The van der Waals surface area contributed by atoms with E-state index in [9.17, 15) is 13.2 Å². The molecular formula is C21H24BrN5O4S. The van der Waals surface area contributed by atoms with Crippen LogP contribution in [-0.4, -0.2) is 49.0 Å².